The molecule has 1 amide bonds. The summed E-state index contributed by atoms with van der Waals surface area (Å²) >= 11 is 0. The van der Waals surface area contributed by atoms with Crippen LogP contribution in [0.25, 0.3) is 0 Å². The first-order valence-corrected chi connectivity index (χ1v) is 9.98. The summed E-state index contributed by atoms with van der Waals surface area (Å²) < 4.78 is 10.4. The zero-order valence-corrected chi connectivity index (χ0v) is 17.7. The Kier molecular flexibility index (Phi) is 7.84. The van der Waals surface area contributed by atoms with E-state index in [0.29, 0.717) is 5.56 Å². The highest BCUT2D eigenvalue weighted by molar-refractivity contribution is 5.82. The van der Waals surface area contributed by atoms with Gasteiger partial charge in [0.05, 0.1) is 9.85 Å². The molecule has 0 aliphatic heterocycles. The van der Waals surface area contributed by atoms with Crippen molar-refractivity contribution in [3.05, 3.63) is 110 Å². The molecule has 0 bridgehead atoms. The van der Waals surface area contributed by atoms with Gasteiger partial charge in [-0.2, -0.15) is 0 Å². The van der Waals surface area contributed by atoms with Gasteiger partial charge in [-0.1, -0.05) is 30.3 Å². The van der Waals surface area contributed by atoms with Crippen LogP contribution in [0.3, 0.4) is 0 Å². The third-order valence-electron chi connectivity index (χ3n) is 4.65. The van der Waals surface area contributed by atoms with Crippen LogP contribution < -0.4 is 10.1 Å². The van der Waals surface area contributed by atoms with Gasteiger partial charge in [-0.15, -0.1) is 0 Å². The van der Waals surface area contributed by atoms with E-state index in [0.717, 1.165) is 5.56 Å². The standard InChI is InChI=1S/C23H19N3O8/c27-22(33-15-17-6-8-18(9-7-17)25(29)30)21(14-16-4-2-1-3-5-16)24-23(28)34-20-12-10-19(11-13-20)26(31)32/h1-13,21H,14-15H2,(H,24,28)/t21-/m0/s1. The maximum Gasteiger partial charge on any atom is 0.413 e. The van der Waals surface area contributed by atoms with E-state index in [1.165, 1.54) is 48.5 Å². The number of nitrogens with one attached hydrogen (secondary N) is 1. The second-order valence-corrected chi connectivity index (χ2v) is 7.06. The van der Waals surface area contributed by atoms with Gasteiger partial charge in [-0.3, -0.25) is 20.2 Å². The second-order valence-electron chi connectivity index (χ2n) is 7.06. The van der Waals surface area contributed by atoms with E-state index in [9.17, 15) is 29.8 Å². The lowest BCUT2D eigenvalue weighted by molar-refractivity contribution is -0.385. The third-order valence-corrected chi connectivity index (χ3v) is 4.65. The largest absolute Gasteiger partial charge is 0.459 e. The number of non-ortho nitro benzene ring substituents is 2. The summed E-state index contributed by atoms with van der Waals surface area (Å²) in [6, 6.07) is 18.2. The van der Waals surface area contributed by atoms with Crippen LogP contribution in [-0.4, -0.2) is 28.0 Å². The molecule has 11 heteroatoms. The predicted octanol–water partition coefficient (Wildman–Crippen LogP) is 3.95. The minimum atomic E-state index is -1.09. The summed E-state index contributed by atoms with van der Waals surface area (Å²) in [5, 5.41) is 24.0. The van der Waals surface area contributed by atoms with Crippen molar-refractivity contribution in [2.45, 2.75) is 19.1 Å². The van der Waals surface area contributed by atoms with Gasteiger partial charge in [0.15, 0.2) is 0 Å². The van der Waals surface area contributed by atoms with Crippen molar-refractivity contribution in [3.8, 4) is 5.75 Å². The summed E-state index contributed by atoms with van der Waals surface area (Å²) in [5.74, 6) is -0.677. The van der Waals surface area contributed by atoms with E-state index in [1.54, 1.807) is 24.3 Å². The topological polar surface area (TPSA) is 151 Å². The monoisotopic (exact) mass is 465 g/mol. The molecule has 0 aromatic heterocycles. The number of carbonyl (C=O) groups is 2. The Morgan fingerprint density at radius 2 is 1.35 bits per heavy atom. The van der Waals surface area contributed by atoms with Gasteiger partial charge < -0.3 is 14.8 Å². The van der Waals surface area contributed by atoms with Crippen LogP contribution >= 0.6 is 0 Å². The number of nitrogens with zero attached hydrogens (tertiary/aromatic N) is 2. The molecule has 0 fully saturated rings. The Balaban J connectivity index is 1.65. The quantitative estimate of drug-likeness (QED) is 0.283. The first kappa shape index (κ1) is 23.9. The molecule has 0 unspecified atom stereocenters. The van der Waals surface area contributed by atoms with Crippen LogP contribution in [0.5, 0.6) is 5.75 Å². The molecular formula is C23H19N3O8. The maximum atomic E-state index is 12.7. The maximum absolute atomic E-state index is 12.7. The minimum Gasteiger partial charge on any atom is -0.459 e. The summed E-state index contributed by atoms with van der Waals surface area (Å²) in [4.78, 5) is 45.5. The predicted molar refractivity (Wildman–Crippen MR) is 119 cm³/mol. The van der Waals surface area contributed by atoms with Crippen molar-refractivity contribution in [1.29, 1.82) is 0 Å². The van der Waals surface area contributed by atoms with E-state index in [-0.39, 0.29) is 30.2 Å². The molecule has 0 radical (unpaired) electrons. The van der Waals surface area contributed by atoms with E-state index >= 15 is 0 Å². The van der Waals surface area contributed by atoms with Gasteiger partial charge >= 0.3 is 12.1 Å². The molecule has 174 valence electrons. The molecule has 1 N–H and O–H groups in total. The lowest BCUT2D eigenvalue weighted by atomic mass is 10.1. The number of nitro groups is 2. The van der Waals surface area contributed by atoms with Gasteiger partial charge in [0.25, 0.3) is 11.4 Å². The second kappa shape index (κ2) is 11.2. The van der Waals surface area contributed by atoms with Crippen molar-refractivity contribution in [3.63, 3.8) is 0 Å². The highest BCUT2D eigenvalue weighted by atomic mass is 16.6. The molecule has 0 aliphatic rings. The molecule has 0 heterocycles. The molecular weight excluding hydrogens is 446 g/mol. The van der Waals surface area contributed by atoms with Crippen LogP contribution in [-0.2, 0) is 22.6 Å². The molecule has 3 aromatic carbocycles. The smallest absolute Gasteiger partial charge is 0.413 e. The van der Waals surface area contributed by atoms with E-state index in [2.05, 4.69) is 5.32 Å². The highest BCUT2D eigenvalue weighted by Gasteiger charge is 2.24. The van der Waals surface area contributed by atoms with Crippen LogP contribution in [0.15, 0.2) is 78.9 Å². The van der Waals surface area contributed by atoms with Crippen molar-refractivity contribution < 1.29 is 28.9 Å². The number of amides is 1. The van der Waals surface area contributed by atoms with E-state index in [4.69, 9.17) is 9.47 Å². The molecule has 0 saturated carbocycles. The van der Waals surface area contributed by atoms with Gasteiger partial charge in [-0.25, -0.2) is 9.59 Å². The first-order chi connectivity index (χ1) is 16.3. The molecule has 3 rings (SSSR count). The number of hydrogen-bond donors (Lipinski definition) is 1. The Bertz CT molecular complexity index is 1170. The highest BCUT2D eigenvalue weighted by Crippen LogP contribution is 2.18. The number of benzene rings is 3. The average Bonchev–Trinajstić information content (AvgIpc) is 2.83. The lowest BCUT2D eigenvalue weighted by Gasteiger charge is -2.18. The molecule has 0 aliphatic carbocycles. The molecule has 0 saturated heterocycles. The summed E-state index contributed by atoms with van der Waals surface area (Å²) in [5.41, 5.74) is 1.04. The zero-order valence-electron chi connectivity index (χ0n) is 17.7. The number of carbonyl (C=O) groups excluding carboxylic acids is 2. The van der Waals surface area contributed by atoms with Crippen LogP contribution in [0.4, 0.5) is 16.2 Å². The molecule has 11 nitrogen and oxygen atoms in total. The number of rotatable bonds is 9. The van der Waals surface area contributed by atoms with Crippen molar-refractivity contribution in [2.24, 2.45) is 0 Å². The number of ether oxygens (including phenoxy) is 2. The van der Waals surface area contributed by atoms with Gasteiger partial charge in [0.1, 0.15) is 18.4 Å². The Morgan fingerprint density at radius 3 is 1.91 bits per heavy atom. The van der Waals surface area contributed by atoms with Gasteiger partial charge in [-0.05, 0) is 35.4 Å². The lowest BCUT2D eigenvalue weighted by Crippen LogP contribution is -2.44. The third kappa shape index (κ3) is 6.85. The van der Waals surface area contributed by atoms with Gasteiger partial charge in [0, 0.05) is 30.7 Å². The SMILES string of the molecule is O=C(N[C@@H](Cc1ccccc1)C(=O)OCc1ccc([N+](=O)[O-])cc1)Oc1ccc([N+](=O)[O-])cc1. The Labute approximate surface area is 193 Å². The molecule has 3 aromatic rings. The first-order valence-electron chi connectivity index (χ1n) is 9.98. The Morgan fingerprint density at radius 1 is 0.794 bits per heavy atom. The summed E-state index contributed by atoms with van der Waals surface area (Å²) in [6.07, 6.45) is -0.822. The summed E-state index contributed by atoms with van der Waals surface area (Å²) in [6.45, 7) is -0.152. The average molecular weight is 465 g/mol. The number of hydrogen-bond acceptors (Lipinski definition) is 8. The summed E-state index contributed by atoms with van der Waals surface area (Å²) in [7, 11) is 0. The fraction of sp³-hybridized carbons (Fsp3) is 0.130. The van der Waals surface area contributed by atoms with Crippen molar-refractivity contribution in [1.82, 2.24) is 5.32 Å². The zero-order chi connectivity index (χ0) is 24.5. The van der Waals surface area contributed by atoms with Crippen LogP contribution in [0.2, 0.25) is 0 Å². The van der Waals surface area contributed by atoms with Crippen LogP contribution in [0.1, 0.15) is 11.1 Å². The normalized spacial score (nSPS) is 11.2. The molecule has 0 spiro atoms. The number of esters is 1. The number of nitro benzene ring substituents is 2. The van der Waals surface area contributed by atoms with Crippen LogP contribution in [0, 0.1) is 20.2 Å². The van der Waals surface area contributed by atoms with Gasteiger partial charge in [0.2, 0.25) is 0 Å². The fourth-order valence-electron chi connectivity index (χ4n) is 2.93. The molecule has 34 heavy (non-hydrogen) atoms. The minimum absolute atomic E-state index is 0.0563. The van der Waals surface area contributed by atoms with E-state index in [1.807, 2.05) is 6.07 Å². The fourth-order valence-corrected chi connectivity index (χ4v) is 2.93. The van der Waals surface area contributed by atoms with E-state index < -0.39 is 28.0 Å². The molecule has 1 atom stereocenters. The van der Waals surface area contributed by atoms with Crippen molar-refractivity contribution >= 4 is 23.4 Å². The van der Waals surface area contributed by atoms with Crippen molar-refractivity contribution in [2.75, 3.05) is 0 Å². The Hall–Kier alpha value is -4.80.